The molecule has 1 aliphatic carbocycles. The molecule has 30 heavy (non-hydrogen) atoms. The zero-order valence-electron chi connectivity index (χ0n) is 16.4. The lowest BCUT2D eigenvalue weighted by molar-refractivity contribution is -0.139. The van der Waals surface area contributed by atoms with Crippen LogP contribution in [0.3, 0.4) is 0 Å². The Morgan fingerprint density at radius 3 is 2.50 bits per heavy atom. The summed E-state index contributed by atoms with van der Waals surface area (Å²) in [4.78, 5) is 35.4. The van der Waals surface area contributed by atoms with Gasteiger partial charge in [-0.3, -0.25) is 9.59 Å². The molecule has 1 aromatic carbocycles. The molecule has 8 heteroatoms. The number of benzene rings is 1. The summed E-state index contributed by atoms with van der Waals surface area (Å²) in [7, 11) is 0. The summed E-state index contributed by atoms with van der Waals surface area (Å²) in [5.41, 5.74) is 0.253. The van der Waals surface area contributed by atoms with Crippen molar-refractivity contribution in [3.63, 3.8) is 0 Å². The molecule has 0 aliphatic heterocycles. The molecule has 162 valence electrons. The van der Waals surface area contributed by atoms with Crippen molar-refractivity contribution in [1.29, 1.82) is 0 Å². The van der Waals surface area contributed by atoms with Gasteiger partial charge in [-0.2, -0.15) is 8.78 Å². The highest BCUT2D eigenvalue weighted by atomic mass is 19.3. The first-order valence-electron chi connectivity index (χ1n) is 9.59. The molecule has 0 bridgehead atoms. The van der Waals surface area contributed by atoms with Crippen molar-refractivity contribution in [2.75, 3.05) is 0 Å². The zero-order chi connectivity index (χ0) is 22.3. The van der Waals surface area contributed by atoms with E-state index < -0.39 is 54.1 Å². The van der Waals surface area contributed by atoms with E-state index in [9.17, 15) is 28.3 Å². The second kappa shape index (κ2) is 10.2. The van der Waals surface area contributed by atoms with Crippen molar-refractivity contribution in [3.8, 4) is 0 Å². The van der Waals surface area contributed by atoms with E-state index in [0.29, 0.717) is 18.6 Å². The maximum Gasteiger partial charge on any atom is 0.338 e. The quantitative estimate of drug-likeness (QED) is 0.359. The maximum atomic E-state index is 13.9. The van der Waals surface area contributed by atoms with Gasteiger partial charge in [0.15, 0.2) is 0 Å². The Morgan fingerprint density at radius 1 is 1.23 bits per heavy atom. The van der Waals surface area contributed by atoms with E-state index in [1.165, 1.54) is 18.2 Å². The fourth-order valence-electron chi connectivity index (χ4n) is 3.41. The molecule has 0 unspecified atom stereocenters. The largest absolute Gasteiger partial charge is 0.481 e. The second-order valence-corrected chi connectivity index (χ2v) is 7.11. The summed E-state index contributed by atoms with van der Waals surface area (Å²) in [5, 5.41) is 19.4. The van der Waals surface area contributed by atoms with Gasteiger partial charge in [0.05, 0.1) is 18.1 Å². The van der Waals surface area contributed by atoms with Crippen LogP contribution in [0.1, 0.15) is 36.5 Å². The number of alkyl halides is 2. The van der Waals surface area contributed by atoms with Gasteiger partial charge in [0, 0.05) is 18.3 Å². The van der Waals surface area contributed by atoms with Crippen molar-refractivity contribution in [1.82, 2.24) is 0 Å². The molecule has 0 amide bonds. The number of allylic oxidation sites excluding steroid dienone is 3. The monoisotopic (exact) mass is 422 g/mol. The molecule has 4 atom stereocenters. The number of aliphatic carboxylic acids is 1. The van der Waals surface area contributed by atoms with Gasteiger partial charge in [0.25, 0.3) is 0 Å². The Labute approximate surface area is 172 Å². The van der Waals surface area contributed by atoms with E-state index in [-0.39, 0.29) is 12.0 Å². The minimum atomic E-state index is -3.71. The summed E-state index contributed by atoms with van der Waals surface area (Å²) in [6.45, 7) is 1.65. The van der Waals surface area contributed by atoms with Gasteiger partial charge in [-0.15, -0.1) is 0 Å². The summed E-state index contributed by atoms with van der Waals surface area (Å²) >= 11 is 0. The van der Waals surface area contributed by atoms with Gasteiger partial charge in [-0.25, -0.2) is 4.79 Å². The number of carboxylic acids is 1. The van der Waals surface area contributed by atoms with Crippen molar-refractivity contribution in [3.05, 3.63) is 60.2 Å². The number of carbonyl (C=O) groups is 3. The normalized spacial score (nSPS) is 24.4. The molecule has 1 aromatic rings. The van der Waals surface area contributed by atoms with Crippen LogP contribution in [-0.4, -0.2) is 46.1 Å². The molecule has 2 rings (SSSR count). The Hall–Kier alpha value is -2.87. The predicted molar refractivity (Wildman–Crippen MR) is 104 cm³/mol. The molecule has 0 spiro atoms. The standard InChI is InChI=1S/C22H24F2O6/c1-2-3-11-22(23,24)19(26)10-9-15-16(12-20(27)28)17(25)13-18(15)30-21(29)14-7-5-4-6-8-14/h3-11,15-18,25H,2,12-13H2,1H3,(H,27,28)/b10-9?,11-3-/t15-,16-,17+,18-/m0/s1. The minimum Gasteiger partial charge on any atom is -0.481 e. The molecule has 1 fully saturated rings. The van der Waals surface area contributed by atoms with Crippen molar-refractivity contribution in [2.45, 2.75) is 44.3 Å². The van der Waals surface area contributed by atoms with Gasteiger partial charge in [-0.1, -0.05) is 37.3 Å². The molecule has 0 saturated heterocycles. The number of aliphatic hydroxyl groups is 1. The molecule has 2 N–H and O–H groups in total. The zero-order valence-corrected chi connectivity index (χ0v) is 16.4. The van der Waals surface area contributed by atoms with Gasteiger partial charge >= 0.3 is 17.9 Å². The first-order valence-corrected chi connectivity index (χ1v) is 9.59. The van der Waals surface area contributed by atoms with Crippen LogP contribution in [-0.2, 0) is 14.3 Å². The van der Waals surface area contributed by atoms with Gasteiger partial charge in [0.1, 0.15) is 6.10 Å². The van der Waals surface area contributed by atoms with Crippen LogP contribution in [0.4, 0.5) is 8.78 Å². The second-order valence-electron chi connectivity index (χ2n) is 7.11. The third kappa shape index (κ3) is 6.06. The van der Waals surface area contributed by atoms with E-state index >= 15 is 0 Å². The number of carbonyl (C=O) groups excluding carboxylic acids is 2. The molecular formula is C22H24F2O6. The summed E-state index contributed by atoms with van der Waals surface area (Å²) < 4.78 is 33.2. The third-order valence-corrected chi connectivity index (χ3v) is 4.93. The molecule has 0 heterocycles. The van der Waals surface area contributed by atoms with Gasteiger partial charge < -0.3 is 14.9 Å². The van der Waals surface area contributed by atoms with E-state index in [1.54, 1.807) is 25.1 Å². The van der Waals surface area contributed by atoms with E-state index in [0.717, 1.165) is 6.08 Å². The fraction of sp³-hybridized carbons (Fsp3) is 0.409. The number of ketones is 1. The highest BCUT2D eigenvalue weighted by molar-refractivity contribution is 5.97. The molecule has 0 aromatic heterocycles. The lowest BCUT2D eigenvalue weighted by atomic mass is 9.89. The van der Waals surface area contributed by atoms with Crippen LogP contribution < -0.4 is 0 Å². The smallest absolute Gasteiger partial charge is 0.338 e. The first-order chi connectivity index (χ1) is 14.2. The molecule has 1 saturated carbocycles. The number of hydrogen-bond acceptors (Lipinski definition) is 5. The predicted octanol–water partition coefficient (Wildman–Crippen LogP) is 3.41. The van der Waals surface area contributed by atoms with Crippen LogP contribution in [0.25, 0.3) is 0 Å². The van der Waals surface area contributed by atoms with Crippen molar-refractivity contribution >= 4 is 17.7 Å². The van der Waals surface area contributed by atoms with Crippen LogP contribution in [0, 0.1) is 11.8 Å². The number of esters is 1. The van der Waals surface area contributed by atoms with Crippen LogP contribution in [0.5, 0.6) is 0 Å². The van der Waals surface area contributed by atoms with Crippen LogP contribution in [0.2, 0.25) is 0 Å². The summed E-state index contributed by atoms with van der Waals surface area (Å²) in [5.74, 6) is -8.86. The number of carboxylic acid groups (broad SMARTS) is 1. The Bertz CT molecular complexity index is 818. The van der Waals surface area contributed by atoms with Gasteiger partial charge in [-0.05, 0) is 30.7 Å². The minimum absolute atomic E-state index is 0.0636. The van der Waals surface area contributed by atoms with Gasteiger partial charge in [0.2, 0.25) is 5.78 Å². The highest BCUT2D eigenvalue weighted by Crippen LogP contribution is 2.38. The van der Waals surface area contributed by atoms with Crippen LogP contribution in [0.15, 0.2) is 54.6 Å². The Morgan fingerprint density at radius 2 is 1.90 bits per heavy atom. The lowest BCUT2D eigenvalue weighted by Gasteiger charge is -2.21. The average molecular weight is 422 g/mol. The SMILES string of the molecule is CC/C=C\C(F)(F)C(=O)C=C[C@H]1[C@H](CC(=O)O)[C@H](O)C[C@@H]1OC(=O)c1ccccc1. The molecule has 6 nitrogen and oxygen atoms in total. The van der Waals surface area contributed by atoms with Crippen molar-refractivity contribution in [2.24, 2.45) is 11.8 Å². The number of ether oxygens (including phenoxy) is 1. The van der Waals surface area contributed by atoms with E-state index in [4.69, 9.17) is 9.84 Å². The number of aliphatic hydroxyl groups excluding tert-OH is 1. The lowest BCUT2D eigenvalue weighted by Crippen LogP contribution is -2.28. The fourth-order valence-corrected chi connectivity index (χ4v) is 3.41. The number of halogens is 2. The first kappa shape index (κ1) is 23.4. The maximum absolute atomic E-state index is 13.9. The number of hydrogen-bond donors (Lipinski definition) is 2. The Balaban J connectivity index is 2.23. The van der Waals surface area contributed by atoms with Crippen molar-refractivity contribution < 1.29 is 38.1 Å². The molecule has 1 aliphatic rings. The third-order valence-electron chi connectivity index (χ3n) is 4.93. The Kier molecular flexibility index (Phi) is 8.00. The van der Waals surface area contributed by atoms with E-state index in [1.807, 2.05) is 0 Å². The highest BCUT2D eigenvalue weighted by Gasteiger charge is 2.45. The summed E-state index contributed by atoms with van der Waals surface area (Å²) in [6.07, 6.45) is 1.18. The molecular weight excluding hydrogens is 398 g/mol. The molecule has 0 radical (unpaired) electrons. The summed E-state index contributed by atoms with van der Waals surface area (Å²) in [6, 6.07) is 8.03. The van der Waals surface area contributed by atoms with E-state index in [2.05, 4.69) is 0 Å². The number of rotatable bonds is 9. The topological polar surface area (TPSA) is 101 Å². The average Bonchev–Trinajstić information content (AvgIpc) is 2.98. The van der Waals surface area contributed by atoms with Crippen LogP contribution >= 0.6 is 0 Å².